The lowest BCUT2D eigenvalue weighted by Crippen LogP contribution is -2.45. The Kier molecular flexibility index (Phi) is 7.65. The largest absolute Gasteiger partial charge is 0.495 e. The molecule has 0 aliphatic carbocycles. The number of aryl methyl sites for hydroxylation is 1. The maximum absolute atomic E-state index is 13.5. The van der Waals surface area contributed by atoms with Crippen molar-refractivity contribution in [2.45, 2.75) is 32.4 Å². The van der Waals surface area contributed by atoms with Crippen molar-refractivity contribution in [3.05, 3.63) is 83.8 Å². The number of ether oxygens (including phenoxy) is 1. The molecule has 1 saturated heterocycles. The molecule has 0 saturated carbocycles. The molecular weight excluding hydrogens is 430 g/mol. The highest BCUT2D eigenvalue weighted by atomic mass is 16.5. The number of carbonyl (C=O) groups excluding carboxylic acids is 2. The van der Waals surface area contributed by atoms with Crippen molar-refractivity contribution in [3.63, 3.8) is 0 Å². The van der Waals surface area contributed by atoms with Crippen LogP contribution in [0.25, 0.3) is 0 Å². The molecule has 1 fully saturated rings. The highest BCUT2D eigenvalue weighted by Gasteiger charge is 2.33. The maximum atomic E-state index is 13.5. The van der Waals surface area contributed by atoms with Crippen molar-refractivity contribution in [1.82, 2.24) is 10.2 Å². The molecule has 0 spiro atoms. The lowest BCUT2D eigenvalue weighted by molar-refractivity contribution is -0.127. The number of likely N-dealkylation sites (tertiary alicyclic amines) is 1. The van der Waals surface area contributed by atoms with Gasteiger partial charge >= 0.3 is 0 Å². The molecule has 3 aromatic rings. The van der Waals surface area contributed by atoms with Crippen LogP contribution in [0.15, 0.2) is 71.3 Å². The van der Waals surface area contributed by atoms with E-state index in [9.17, 15) is 9.59 Å². The number of amides is 2. The van der Waals surface area contributed by atoms with Gasteiger partial charge in [0.1, 0.15) is 17.6 Å². The van der Waals surface area contributed by atoms with Gasteiger partial charge < -0.3 is 19.8 Å². The zero-order valence-corrected chi connectivity index (χ0v) is 19.6. The second-order valence-corrected chi connectivity index (χ2v) is 8.61. The fourth-order valence-corrected chi connectivity index (χ4v) is 4.44. The van der Waals surface area contributed by atoms with Crippen LogP contribution in [-0.2, 0) is 16.1 Å². The monoisotopic (exact) mass is 461 g/mol. The summed E-state index contributed by atoms with van der Waals surface area (Å²) in [6.07, 6.45) is 2.98. The number of furan rings is 1. The van der Waals surface area contributed by atoms with Gasteiger partial charge in [0.15, 0.2) is 0 Å². The number of carbonyl (C=O) groups is 2. The standard InChI is InChI=1S/C27H31N3O4/c1-19-10-11-24(33-2)23(17-19)29-27(32)25(20-7-4-3-5-8-20)30-14-12-21(13-15-30)26(31)28-18-22-9-6-16-34-22/h3-11,16-17,21,25H,12-15,18H2,1-2H3,(H,28,31)(H,29,32). The third kappa shape index (κ3) is 5.66. The van der Waals surface area contributed by atoms with Crippen LogP contribution < -0.4 is 15.4 Å². The number of hydrogen-bond donors (Lipinski definition) is 2. The minimum atomic E-state index is -0.460. The quantitative estimate of drug-likeness (QED) is 0.522. The van der Waals surface area contributed by atoms with E-state index in [0.717, 1.165) is 16.9 Å². The van der Waals surface area contributed by atoms with Crippen LogP contribution in [-0.4, -0.2) is 36.9 Å². The van der Waals surface area contributed by atoms with Gasteiger partial charge in [0.05, 0.1) is 25.6 Å². The molecular formula is C27H31N3O4. The Morgan fingerprint density at radius 3 is 2.53 bits per heavy atom. The van der Waals surface area contributed by atoms with E-state index in [2.05, 4.69) is 15.5 Å². The first-order valence-electron chi connectivity index (χ1n) is 11.6. The summed E-state index contributed by atoms with van der Waals surface area (Å²) in [5.41, 5.74) is 2.61. The molecule has 0 bridgehead atoms. The Morgan fingerprint density at radius 1 is 1.09 bits per heavy atom. The van der Waals surface area contributed by atoms with Gasteiger partial charge in [-0.15, -0.1) is 0 Å². The van der Waals surface area contributed by atoms with E-state index < -0.39 is 6.04 Å². The summed E-state index contributed by atoms with van der Waals surface area (Å²) in [7, 11) is 1.59. The van der Waals surface area contributed by atoms with Crippen molar-refractivity contribution >= 4 is 17.5 Å². The Balaban J connectivity index is 1.44. The Labute approximate surface area is 200 Å². The van der Waals surface area contributed by atoms with Crippen LogP contribution in [0, 0.1) is 12.8 Å². The molecule has 2 N–H and O–H groups in total. The van der Waals surface area contributed by atoms with E-state index in [1.54, 1.807) is 19.4 Å². The van der Waals surface area contributed by atoms with Gasteiger partial charge in [0, 0.05) is 5.92 Å². The average molecular weight is 462 g/mol. The molecule has 2 aromatic carbocycles. The molecule has 1 aromatic heterocycles. The summed E-state index contributed by atoms with van der Waals surface area (Å²) in [5, 5.41) is 6.03. The fourth-order valence-electron chi connectivity index (χ4n) is 4.44. The van der Waals surface area contributed by atoms with Crippen molar-refractivity contribution in [1.29, 1.82) is 0 Å². The van der Waals surface area contributed by atoms with Crippen LogP contribution in [0.5, 0.6) is 5.75 Å². The molecule has 7 heteroatoms. The smallest absolute Gasteiger partial charge is 0.246 e. The number of anilines is 1. The summed E-state index contributed by atoms with van der Waals surface area (Å²) < 4.78 is 10.7. The molecule has 1 unspecified atom stereocenters. The Bertz CT molecular complexity index is 1090. The topological polar surface area (TPSA) is 83.8 Å². The minimum Gasteiger partial charge on any atom is -0.495 e. The minimum absolute atomic E-state index is 0.0289. The zero-order valence-electron chi connectivity index (χ0n) is 19.6. The van der Waals surface area contributed by atoms with E-state index in [1.807, 2.05) is 61.5 Å². The van der Waals surface area contributed by atoms with Gasteiger partial charge in [-0.2, -0.15) is 0 Å². The highest BCUT2D eigenvalue weighted by Crippen LogP contribution is 2.31. The number of nitrogens with zero attached hydrogens (tertiary/aromatic N) is 1. The van der Waals surface area contributed by atoms with Gasteiger partial charge in [-0.05, 0) is 68.2 Å². The molecule has 1 aliphatic rings. The normalized spacial score (nSPS) is 15.5. The predicted molar refractivity (Wildman–Crippen MR) is 130 cm³/mol. The van der Waals surface area contributed by atoms with Crippen LogP contribution in [0.2, 0.25) is 0 Å². The third-order valence-electron chi connectivity index (χ3n) is 6.26. The summed E-state index contributed by atoms with van der Waals surface area (Å²) in [5.74, 6) is 1.19. The molecule has 34 heavy (non-hydrogen) atoms. The van der Waals surface area contributed by atoms with Crippen LogP contribution >= 0.6 is 0 Å². The predicted octanol–water partition coefficient (Wildman–Crippen LogP) is 4.30. The fraction of sp³-hybridized carbons (Fsp3) is 0.333. The van der Waals surface area contributed by atoms with Crippen LogP contribution in [0.1, 0.15) is 35.8 Å². The number of nitrogens with one attached hydrogen (secondary N) is 2. The van der Waals surface area contributed by atoms with Crippen molar-refractivity contribution in [2.75, 3.05) is 25.5 Å². The van der Waals surface area contributed by atoms with Gasteiger partial charge in [0.2, 0.25) is 11.8 Å². The highest BCUT2D eigenvalue weighted by molar-refractivity contribution is 5.97. The first-order chi connectivity index (χ1) is 16.5. The second kappa shape index (κ2) is 11.0. The number of rotatable bonds is 8. The van der Waals surface area contributed by atoms with Crippen molar-refractivity contribution in [3.8, 4) is 5.75 Å². The van der Waals surface area contributed by atoms with Crippen LogP contribution in [0.3, 0.4) is 0 Å². The van der Waals surface area contributed by atoms with Gasteiger partial charge in [-0.25, -0.2) is 0 Å². The lowest BCUT2D eigenvalue weighted by Gasteiger charge is -2.36. The molecule has 4 rings (SSSR count). The molecule has 1 atom stereocenters. The molecule has 0 radical (unpaired) electrons. The van der Waals surface area contributed by atoms with Crippen molar-refractivity contribution < 1.29 is 18.7 Å². The maximum Gasteiger partial charge on any atom is 0.246 e. The zero-order chi connectivity index (χ0) is 23.9. The summed E-state index contributed by atoms with van der Waals surface area (Å²) in [6, 6.07) is 18.7. The molecule has 1 aliphatic heterocycles. The first kappa shape index (κ1) is 23.6. The van der Waals surface area contributed by atoms with Gasteiger partial charge in [-0.3, -0.25) is 14.5 Å². The Hall–Kier alpha value is -3.58. The van der Waals surface area contributed by atoms with Gasteiger partial charge in [-0.1, -0.05) is 36.4 Å². The number of hydrogen-bond acceptors (Lipinski definition) is 5. The number of benzene rings is 2. The van der Waals surface area contributed by atoms with E-state index in [-0.39, 0.29) is 17.7 Å². The molecule has 2 amide bonds. The summed E-state index contributed by atoms with van der Waals surface area (Å²) in [4.78, 5) is 28.4. The third-order valence-corrected chi connectivity index (χ3v) is 6.26. The molecule has 178 valence electrons. The average Bonchev–Trinajstić information content (AvgIpc) is 3.38. The van der Waals surface area contributed by atoms with E-state index in [1.165, 1.54) is 0 Å². The number of methoxy groups -OCH3 is 1. The van der Waals surface area contributed by atoms with E-state index in [0.29, 0.717) is 43.9 Å². The van der Waals surface area contributed by atoms with E-state index in [4.69, 9.17) is 9.15 Å². The van der Waals surface area contributed by atoms with Crippen LogP contribution in [0.4, 0.5) is 5.69 Å². The first-order valence-corrected chi connectivity index (χ1v) is 11.6. The lowest BCUT2D eigenvalue weighted by atomic mass is 9.93. The van der Waals surface area contributed by atoms with Gasteiger partial charge in [0.25, 0.3) is 0 Å². The SMILES string of the molecule is COc1ccc(C)cc1NC(=O)C(c1ccccc1)N1CCC(C(=O)NCc2ccco2)CC1. The second-order valence-electron chi connectivity index (χ2n) is 8.61. The molecule has 7 nitrogen and oxygen atoms in total. The Morgan fingerprint density at radius 2 is 1.85 bits per heavy atom. The summed E-state index contributed by atoms with van der Waals surface area (Å²) in [6.45, 7) is 3.67. The summed E-state index contributed by atoms with van der Waals surface area (Å²) >= 11 is 0. The van der Waals surface area contributed by atoms with E-state index >= 15 is 0 Å². The van der Waals surface area contributed by atoms with Crippen molar-refractivity contribution in [2.24, 2.45) is 5.92 Å². The molecule has 2 heterocycles. The number of piperidine rings is 1.